The SMILES string of the molecule is CC1(c2nc(-c3cccnc3)no2)CCCCN1.Cl. The molecule has 1 saturated heterocycles. The molecule has 0 aromatic carbocycles. The molecule has 1 atom stereocenters. The van der Waals surface area contributed by atoms with Crippen LogP contribution in [-0.4, -0.2) is 21.7 Å². The van der Waals surface area contributed by atoms with Gasteiger partial charge in [0.1, 0.15) is 0 Å². The first-order valence-corrected chi connectivity index (χ1v) is 6.28. The van der Waals surface area contributed by atoms with Crippen LogP contribution in [0.25, 0.3) is 11.4 Å². The van der Waals surface area contributed by atoms with Gasteiger partial charge in [0.05, 0.1) is 5.54 Å². The molecule has 2 aromatic rings. The second kappa shape index (κ2) is 5.67. The zero-order chi connectivity index (χ0) is 12.4. The summed E-state index contributed by atoms with van der Waals surface area (Å²) in [4.78, 5) is 8.56. The van der Waals surface area contributed by atoms with Crippen molar-refractivity contribution in [3.05, 3.63) is 30.4 Å². The van der Waals surface area contributed by atoms with Crippen LogP contribution in [0.3, 0.4) is 0 Å². The van der Waals surface area contributed by atoms with Gasteiger partial charge in [-0.3, -0.25) is 4.98 Å². The summed E-state index contributed by atoms with van der Waals surface area (Å²) in [5.74, 6) is 1.27. The number of halogens is 1. The fourth-order valence-corrected chi connectivity index (χ4v) is 2.30. The largest absolute Gasteiger partial charge is 0.337 e. The molecule has 0 saturated carbocycles. The van der Waals surface area contributed by atoms with Gasteiger partial charge in [0.15, 0.2) is 0 Å². The average molecular weight is 281 g/mol. The maximum atomic E-state index is 5.41. The van der Waals surface area contributed by atoms with Gasteiger partial charge in [-0.25, -0.2) is 0 Å². The third-order valence-corrected chi connectivity index (χ3v) is 3.44. The van der Waals surface area contributed by atoms with Gasteiger partial charge in [0.25, 0.3) is 0 Å². The summed E-state index contributed by atoms with van der Waals surface area (Å²) in [6.45, 7) is 3.12. The molecule has 1 aliphatic rings. The fourth-order valence-electron chi connectivity index (χ4n) is 2.30. The van der Waals surface area contributed by atoms with E-state index in [1.54, 1.807) is 12.4 Å². The van der Waals surface area contributed by atoms with Crippen LogP contribution in [-0.2, 0) is 5.54 Å². The van der Waals surface area contributed by atoms with Crippen LogP contribution < -0.4 is 5.32 Å². The highest BCUT2D eigenvalue weighted by atomic mass is 35.5. The number of aromatic nitrogens is 3. The maximum Gasteiger partial charge on any atom is 0.246 e. The number of hydrogen-bond donors (Lipinski definition) is 1. The lowest BCUT2D eigenvalue weighted by atomic mass is 9.91. The Balaban J connectivity index is 0.00000133. The van der Waals surface area contributed by atoms with Crippen molar-refractivity contribution in [2.45, 2.75) is 31.7 Å². The van der Waals surface area contributed by atoms with Gasteiger partial charge in [0, 0.05) is 18.0 Å². The molecule has 19 heavy (non-hydrogen) atoms. The van der Waals surface area contributed by atoms with Gasteiger partial charge >= 0.3 is 0 Å². The number of rotatable bonds is 2. The van der Waals surface area contributed by atoms with E-state index >= 15 is 0 Å². The Bertz CT molecular complexity index is 522. The van der Waals surface area contributed by atoms with E-state index in [1.165, 1.54) is 12.8 Å². The first kappa shape index (κ1) is 14.0. The molecule has 0 amide bonds. The number of nitrogens with one attached hydrogen (secondary N) is 1. The minimum absolute atomic E-state index is 0. The van der Waals surface area contributed by atoms with Gasteiger partial charge in [-0.1, -0.05) is 5.16 Å². The second-order valence-electron chi connectivity index (χ2n) is 4.88. The zero-order valence-corrected chi connectivity index (χ0v) is 11.6. The molecule has 1 fully saturated rings. The average Bonchev–Trinajstić information content (AvgIpc) is 2.91. The predicted molar refractivity (Wildman–Crippen MR) is 74.0 cm³/mol. The molecule has 0 spiro atoms. The predicted octanol–water partition coefficient (Wildman–Crippen LogP) is 2.54. The van der Waals surface area contributed by atoms with Gasteiger partial charge in [0.2, 0.25) is 11.7 Å². The van der Waals surface area contributed by atoms with E-state index < -0.39 is 0 Å². The third-order valence-electron chi connectivity index (χ3n) is 3.44. The molecule has 5 nitrogen and oxygen atoms in total. The minimum atomic E-state index is -0.189. The molecule has 1 unspecified atom stereocenters. The maximum absolute atomic E-state index is 5.41. The highest BCUT2D eigenvalue weighted by Crippen LogP contribution is 2.29. The van der Waals surface area contributed by atoms with Crippen molar-refractivity contribution in [1.82, 2.24) is 20.4 Å². The quantitative estimate of drug-likeness (QED) is 0.916. The van der Waals surface area contributed by atoms with Gasteiger partial charge in [-0.15, -0.1) is 12.4 Å². The Morgan fingerprint density at radius 3 is 2.95 bits per heavy atom. The molecule has 0 bridgehead atoms. The summed E-state index contributed by atoms with van der Waals surface area (Å²) in [6.07, 6.45) is 6.90. The number of pyridine rings is 1. The third kappa shape index (κ3) is 2.77. The molecular formula is C13H17ClN4O. The van der Waals surface area contributed by atoms with Gasteiger partial charge < -0.3 is 9.84 Å². The van der Waals surface area contributed by atoms with Crippen molar-refractivity contribution in [2.24, 2.45) is 0 Å². The topological polar surface area (TPSA) is 63.8 Å². The molecule has 2 aromatic heterocycles. The van der Waals surface area contributed by atoms with Crippen molar-refractivity contribution in [1.29, 1.82) is 0 Å². The molecule has 0 aliphatic carbocycles. The summed E-state index contributed by atoms with van der Waals surface area (Å²) >= 11 is 0. The Hall–Kier alpha value is -1.46. The smallest absolute Gasteiger partial charge is 0.246 e. The van der Waals surface area contributed by atoms with Crippen LogP contribution in [0.5, 0.6) is 0 Å². The molecule has 102 valence electrons. The van der Waals surface area contributed by atoms with Crippen LogP contribution in [0.1, 0.15) is 32.1 Å². The van der Waals surface area contributed by atoms with Crippen molar-refractivity contribution < 1.29 is 4.52 Å². The standard InChI is InChI=1S/C13H16N4O.ClH/c1-13(6-2-3-8-15-13)12-16-11(17-18-12)10-5-4-7-14-9-10;/h4-5,7,9,15H,2-3,6,8H2,1H3;1H. The number of nitrogens with zero attached hydrogens (tertiary/aromatic N) is 3. The van der Waals surface area contributed by atoms with E-state index in [0.717, 1.165) is 18.5 Å². The normalized spacial score (nSPS) is 22.8. The van der Waals surface area contributed by atoms with Crippen LogP contribution in [0.4, 0.5) is 0 Å². The summed E-state index contributed by atoms with van der Waals surface area (Å²) in [5, 5.41) is 7.51. The Labute approximate surface area is 118 Å². The molecule has 0 radical (unpaired) electrons. The van der Waals surface area contributed by atoms with Gasteiger partial charge in [-0.2, -0.15) is 4.98 Å². The fraction of sp³-hybridized carbons (Fsp3) is 0.462. The first-order chi connectivity index (χ1) is 8.78. The molecule has 3 heterocycles. The summed E-state index contributed by atoms with van der Waals surface area (Å²) < 4.78 is 5.41. The summed E-state index contributed by atoms with van der Waals surface area (Å²) in [6, 6.07) is 3.80. The van der Waals surface area contributed by atoms with Crippen molar-refractivity contribution in [3.63, 3.8) is 0 Å². The Morgan fingerprint density at radius 1 is 1.37 bits per heavy atom. The Morgan fingerprint density at radius 2 is 2.26 bits per heavy atom. The van der Waals surface area contributed by atoms with Crippen LogP contribution in [0.2, 0.25) is 0 Å². The van der Waals surface area contributed by atoms with E-state index in [2.05, 4.69) is 27.4 Å². The number of hydrogen-bond acceptors (Lipinski definition) is 5. The highest BCUT2D eigenvalue weighted by Gasteiger charge is 2.34. The van der Waals surface area contributed by atoms with E-state index in [4.69, 9.17) is 4.52 Å². The monoisotopic (exact) mass is 280 g/mol. The van der Waals surface area contributed by atoms with E-state index in [9.17, 15) is 0 Å². The lowest BCUT2D eigenvalue weighted by Gasteiger charge is -2.31. The van der Waals surface area contributed by atoms with Crippen LogP contribution in [0.15, 0.2) is 29.0 Å². The van der Waals surface area contributed by atoms with Crippen LogP contribution in [0, 0.1) is 0 Å². The summed E-state index contributed by atoms with van der Waals surface area (Å²) in [5.41, 5.74) is 0.693. The lowest BCUT2D eigenvalue weighted by molar-refractivity contribution is 0.207. The molecule has 1 aliphatic heterocycles. The zero-order valence-electron chi connectivity index (χ0n) is 10.8. The minimum Gasteiger partial charge on any atom is -0.337 e. The van der Waals surface area contributed by atoms with Crippen LogP contribution >= 0.6 is 12.4 Å². The molecule has 1 N–H and O–H groups in total. The van der Waals surface area contributed by atoms with Gasteiger partial charge in [-0.05, 0) is 44.9 Å². The summed E-state index contributed by atoms with van der Waals surface area (Å²) in [7, 11) is 0. The van der Waals surface area contributed by atoms with Crippen molar-refractivity contribution >= 4 is 12.4 Å². The van der Waals surface area contributed by atoms with E-state index in [-0.39, 0.29) is 17.9 Å². The lowest BCUT2D eigenvalue weighted by Crippen LogP contribution is -2.43. The highest BCUT2D eigenvalue weighted by molar-refractivity contribution is 5.85. The number of piperidine rings is 1. The second-order valence-corrected chi connectivity index (χ2v) is 4.88. The Kier molecular flexibility index (Phi) is 4.17. The molecule has 6 heteroatoms. The van der Waals surface area contributed by atoms with Crippen molar-refractivity contribution in [2.75, 3.05) is 6.54 Å². The molecular weight excluding hydrogens is 264 g/mol. The van der Waals surface area contributed by atoms with E-state index in [1.807, 2.05) is 12.1 Å². The van der Waals surface area contributed by atoms with E-state index in [0.29, 0.717) is 11.7 Å². The van der Waals surface area contributed by atoms with Crippen molar-refractivity contribution in [3.8, 4) is 11.4 Å². The first-order valence-electron chi connectivity index (χ1n) is 6.28. The molecule has 3 rings (SSSR count).